The molecule has 3 aliphatic heterocycles. The maximum absolute atomic E-state index is 5.53. The van der Waals surface area contributed by atoms with E-state index in [1.54, 1.807) is 0 Å². The van der Waals surface area contributed by atoms with Crippen molar-refractivity contribution < 1.29 is 4.74 Å². The SMILES string of the molecule is CN1CCN(c2ccccc2CN2CCc3ccc(N4CCOCC4)cc3C2)CC1. The summed E-state index contributed by atoms with van der Waals surface area (Å²) < 4.78 is 5.53. The van der Waals surface area contributed by atoms with Crippen LogP contribution in [0, 0.1) is 0 Å². The number of benzene rings is 2. The van der Waals surface area contributed by atoms with Gasteiger partial charge in [0.2, 0.25) is 0 Å². The second-order valence-corrected chi connectivity index (χ2v) is 8.93. The highest BCUT2D eigenvalue weighted by atomic mass is 16.5. The summed E-state index contributed by atoms with van der Waals surface area (Å²) in [4.78, 5) is 10.1. The van der Waals surface area contributed by atoms with Crippen molar-refractivity contribution in [3.8, 4) is 0 Å². The van der Waals surface area contributed by atoms with Crippen LogP contribution in [0.1, 0.15) is 16.7 Å². The zero-order valence-electron chi connectivity index (χ0n) is 18.2. The molecule has 0 aliphatic carbocycles. The van der Waals surface area contributed by atoms with Gasteiger partial charge in [-0.15, -0.1) is 0 Å². The topological polar surface area (TPSA) is 22.2 Å². The maximum atomic E-state index is 5.53. The van der Waals surface area contributed by atoms with E-state index in [-0.39, 0.29) is 0 Å². The summed E-state index contributed by atoms with van der Waals surface area (Å²) in [5.41, 5.74) is 7.28. The molecule has 0 aromatic heterocycles. The minimum atomic E-state index is 0.840. The van der Waals surface area contributed by atoms with Crippen LogP contribution >= 0.6 is 0 Å². The molecule has 2 saturated heterocycles. The molecule has 2 fully saturated rings. The van der Waals surface area contributed by atoms with Crippen LogP contribution in [-0.2, 0) is 24.2 Å². The number of piperazine rings is 1. The molecule has 160 valence electrons. The average Bonchev–Trinajstić information content (AvgIpc) is 2.80. The Kier molecular flexibility index (Phi) is 5.93. The standard InChI is InChI=1S/C25H34N4O/c1-26-10-12-29(13-11-26)25-5-3-2-4-22(25)19-27-9-8-21-6-7-24(18-23(21)20-27)28-14-16-30-17-15-28/h2-7,18H,8-17,19-20H2,1H3. The first-order chi connectivity index (χ1) is 14.8. The minimum absolute atomic E-state index is 0.840. The van der Waals surface area contributed by atoms with Crippen molar-refractivity contribution in [2.75, 3.05) is 75.9 Å². The Balaban J connectivity index is 1.30. The number of para-hydroxylation sites is 1. The molecule has 5 heteroatoms. The molecule has 5 rings (SSSR count). The zero-order valence-corrected chi connectivity index (χ0v) is 18.2. The third kappa shape index (κ3) is 4.34. The molecule has 3 heterocycles. The van der Waals surface area contributed by atoms with Crippen LogP contribution in [0.5, 0.6) is 0 Å². The Morgan fingerprint density at radius 3 is 2.43 bits per heavy atom. The number of fused-ring (bicyclic) bond motifs is 1. The Morgan fingerprint density at radius 1 is 0.800 bits per heavy atom. The molecule has 5 nitrogen and oxygen atoms in total. The van der Waals surface area contributed by atoms with Gasteiger partial charge in [-0.25, -0.2) is 0 Å². The summed E-state index contributed by atoms with van der Waals surface area (Å²) in [6, 6.07) is 16.1. The molecule has 0 N–H and O–H groups in total. The van der Waals surface area contributed by atoms with E-state index in [2.05, 4.69) is 69.1 Å². The molecule has 0 radical (unpaired) electrons. The van der Waals surface area contributed by atoms with Gasteiger partial charge in [0, 0.05) is 70.3 Å². The number of nitrogens with zero attached hydrogens (tertiary/aromatic N) is 4. The molecule has 0 atom stereocenters. The van der Waals surface area contributed by atoms with E-state index in [0.29, 0.717) is 0 Å². The summed E-state index contributed by atoms with van der Waals surface area (Å²) in [5.74, 6) is 0. The summed E-state index contributed by atoms with van der Waals surface area (Å²) in [7, 11) is 2.22. The van der Waals surface area contributed by atoms with E-state index in [4.69, 9.17) is 4.74 Å². The highest BCUT2D eigenvalue weighted by molar-refractivity contribution is 5.55. The van der Waals surface area contributed by atoms with Crippen molar-refractivity contribution >= 4 is 11.4 Å². The van der Waals surface area contributed by atoms with E-state index in [1.165, 1.54) is 28.1 Å². The summed E-state index contributed by atoms with van der Waals surface area (Å²) in [5, 5.41) is 0. The number of morpholine rings is 1. The molecule has 0 spiro atoms. The van der Waals surface area contributed by atoms with Gasteiger partial charge in [0.05, 0.1) is 13.2 Å². The molecule has 2 aromatic rings. The van der Waals surface area contributed by atoms with Gasteiger partial charge in [0.15, 0.2) is 0 Å². The molecule has 30 heavy (non-hydrogen) atoms. The fraction of sp³-hybridized carbons (Fsp3) is 0.520. The first kappa shape index (κ1) is 19.9. The van der Waals surface area contributed by atoms with Crippen LogP contribution < -0.4 is 9.80 Å². The second-order valence-electron chi connectivity index (χ2n) is 8.93. The highest BCUT2D eigenvalue weighted by Gasteiger charge is 2.21. The fourth-order valence-corrected chi connectivity index (χ4v) is 5.00. The molecular weight excluding hydrogens is 372 g/mol. The van der Waals surface area contributed by atoms with E-state index < -0.39 is 0 Å². The highest BCUT2D eigenvalue weighted by Crippen LogP contribution is 2.28. The van der Waals surface area contributed by atoms with Gasteiger partial charge in [-0.1, -0.05) is 24.3 Å². The fourth-order valence-electron chi connectivity index (χ4n) is 5.00. The van der Waals surface area contributed by atoms with Crippen LogP contribution in [0.4, 0.5) is 11.4 Å². The number of likely N-dealkylation sites (N-methyl/N-ethyl adjacent to an activating group) is 1. The molecule has 0 bridgehead atoms. The lowest BCUT2D eigenvalue weighted by atomic mass is 9.98. The maximum Gasteiger partial charge on any atom is 0.0642 e. The van der Waals surface area contributed by atoms with Gasteiger partial charge in [0.25, 0.3) is 0 Å². The molecule has 0 saturated carbocycles. The third-order valence-corrected chi connectivity index (χ3v) is 6.89. The van der Waals surface area contributed by atoms with Gasteiger partial charge in [-0.2, -0.15) is 0 Å². The lowest BCUT2D eigenvalue weighted by Gasteiger charge is -2.36. The van der Waals surface area contributed by atoms with E-state index in [1.807, 2.05) is 0 Å². The zero-order chi connectivity index (χ0) is 20.3. The van der Waals surface area contributed by atoms with Gasteiger partial charge in [-0.3, -0.25) is 4.90 Å². The van der Waals surface area contributed by atoms with Gasteiger partial charge < -0.3 is 19.4 Å². The van der Waals surface area contributed by atoms with Gasteiger partial charge >= 0.3 is 0 Å². The Labute approximate surface area is 180 Å². The Hall–Kier alpha value is -2.08. The summed E-state index contributed by atoms with van der Waals surface area (Å²) in [6.45, 7) is 11.4. The van der Waals surface area contributed by atoms with Crippen molar-refractivity contribution in [1.82, 2.24) is 9.80 Å². The van der Waals surface area contributed by atoms with Crippen molar-refractivity contribution in [3.05, 3.63) is 59.2 Å². The smallest absolute Gasteiger partial charge is 0.0642 e. The first-order valence-electron chi connectivity index (χ1n) is 11.4. The normalized spacial score (nSPS) is 21.0. The molecule has 3 aliphatic rings. The van der Waals surface area contributed by atoms with Crippen LogP contribution in [0.2, 0.25) is 0 Å². The number of hydrogen-bond donors (Lipinski definition) is 0. The second kappa shape index (κ2) is 8.96. The predicted octanol–water partition coefficient (Wildman–Crippen LogP) is 2.83. The Morgan fingerprint density at radius 2 is 1.60 bits per heavy atom. The molecule has 0 amide bonds. The Bertz CT molecular complexity index is 856. The third-order valence-electron chi connectivity index (χ3n) is 6.89. The van der Waals surface area contributed by atoms with Gasteiger partial charge in [-0.05, 0) is 48.4 Å². The first-order valence-corrected chi connectivity index (χ1v) is 11.4. The quantitative estimate of drug-likeness (QED) is 0.777. The number of ether oxygens (including phenoxy) is 1. The van der Waals surface area contributed by atoms with Crippen molar-refractivity contribution in [1.29, 1.82) is 0 Å². The van der Waals surface area contributed by atoms with Crippen molar-refractivity contribution in [2.45, 2.75) is 19.5 Å². The predicted molar refractivity (Wildman–Crippen MR) is 123 cm³/mol. The van der Waals surface area contributed by atoms with Crippen LogP contribution in [-0.4, -0.2) is 75.9 Å². The molecule has 0 unspecified atom stereocenters. The summed E-state index contributed by atoms with van der Waals surface area (Å²) in [6.07, 6.45) is 1.15. The summed E-state index contributed by atoms with van der Waals surface area (Å²) >= 11 is 0. The van der Waals surface area contributed by atoms with Crippen molar-refractivity contribution in [2.24, 2.45) is 0 Å². The van der Waals surface area contributed by atoms with Crippen molar-refractivity contribution in [3.63, 3.8) is 0 Å². The molecular formula is C25H34N4O. The van der Waals surface area contributed by atoms with Crippen LogP contribution in [0.15, 0.2) is 42.5 Å². The monoisotopic (exact) mass is 406 g/mol. The molecule has 2 aromatic carbocycles. The minimum Gasteiger partial charge on any atom is -0.378 e. The van der Waals surface area contributed by atoms with Gasteiger partial charge in [0.1, 0.15) is 0 Å². The largest absolute Gasteiger partial charge is 0.378 e. The number of hydrogen-bond acceptors (Lipinski definition) is 5. The van der Waals surface area contributed by atoms with Crippen LogP contribution in [0.25, 0.3) is 0 Å². The van der Waals surface area contributed by atoms with Crippen LogP contribution in [0.3, 0.4) is 0 Å². The van der Waals surface area contributed by atoms with E-state index in [0.717, 1.165) is 78.5 Å². The lowest BCUT2D eigenvalue weighted by Crippen LogP contribution is -2.45. The average molecular weight is 407 g/mol. The number of anilines is 2. The number of rotatable bonds is 4. The lowest BCUT2D eigenvalue weighted by molar-refractivity contribution is 0.122. The van der Waals surface area contributed by atoms with E-state index in [9.17, 15) is 0 Å². The van der Waals surface area contributed by atoms with E-state index >= 15 is 0 Å².